The molecule has 2 aliphatic rings. The molecule has 1 aliphatic heterocycles. The highest BCUT2D eigenvalue weighted by Gasteiger charge is 2.30. The van der Waals surface area contributed by atoms with Gasteiger partial charge in [-0.25, -0.2) is 0 Å². The second-order valence-corrected chi connectivity index (χ2v) is 5.70. The van der Waals surface area contributed by atoms with E-state index in [0.29, 0.717) is 18.5 Å². The lowest BCUT2D eigenvalue weighted by molar-refractivity contribution is 0.373. The van der Waals surface area contributed by atoms with Gasteiger partial charge in [-0.3, -0.25) is 0 Å². The summed E-state index contributed by atoms with van der Waals surface area (Å²) in [7, 11) is 0. The SMILES string of the molecule is CC1CNc2ccccc2N1Cc1noc(C2CC2)n1. The molecule has 0 radical (unpaired) electrons. The quantitative estimate of drug-likeness (QED) is 0.929. The lowest BCUT2D eigenvalue weighted by Crippen LogP contribution is -2.41. The fraction of sp³-hybridized carbons (Fsp3) is 0.467. The largest absolute Gasteiger partial charge is 0.381 e. The molecule has 104 valence electrons. The van der Waals surface area contributed by atoms with Crippen molar-refractivity contribution in [2.75, 3.05) is 16.8 Å². The van der Waals surface area contributed by atoms with E-state index in [1.807, 2.05) is 0 Å². The van der Waals surface area contributed by atoms with E-state index < -0.39 is 0 Å². The van der Waals surface area contributed by atoms with Gasteiger partial charge in [0.05, 0.1) is 17.9 Å². The lowest BCUT2D eigenvalue weighted by atomic mass is 10.1. The van der Waals surface area contributed by atoms with Crippen LogP contribution in [0.5, 0.6) is 0 Å². The van der Waals surface area contributed by atoms with Gasteiger partial charge in [0.15, 0.2) is 5.82 Å². The van der Waals surface area contributed by atoms with Gasteiger partial charge >= 0.3 is 0 Å². The van der Waals surface area contributed by atoms with Crippen molar-refractivity contribution >= 4 is 11.4 Å². The van der Waals surface area contributed by atoms with Crippen molar-refractivity contribution in [1.29, 1.82) is 0 Å². The Balaban J connectivity index is 1.60. The summed E-state index contributed by atoms with van der Waals surface area (Å²) in [6.45, 7) is 3.85. The summed E-state index contributed by atoms with van der Waals surface area (Å²) >= 11 is 0. The average Bonchev–Trinajstić information content (AvgIpc) is 3.22. The molecule has 20 heavy (non-hydrogen) atoms. The van der Waals surface area contributed by atoms with Crippen molar-refractivity contribution in [3.63, 3.8) is 0 Å². The number of nitrogens with zero attached hydrogens (tertiary/aromatic N) is 3. The summed E-state index contributed by atoms with van der Waals surface area (Å²) in [6, 6.07) is 8.78. The molecule has 1 aromatic carbocycles. The minimum absolute atomic E-state index is 0.410. The monoisotopic (exact) mass is 270 g/mol. The third-order valence-electron chi connectivity index (χ3n) is 4.06. The topological polar surface area (TPSA) is 54.2 Å². The Bertz CT molecular complexity index is 620. The molecule has 5 heteroatoms. The number of benzene rings is 1. The maximum Gasteiger partial charge on any atom is 0.229 e. The number of hydrogen-bond donors (Lipinski definition) is 1. The highest BCUT2D eigenvalue weighted by atomic mass is 16.5. The maximum absolute atomic E-state index is 5.35. The molecule has 5 nitrogen and oxygen atoms in total. The van der Waals surface area contributed by atoms with Crippen LogP contribution in [0, 0.1) is 0 Å². The third kappa shape index (κ3) is 2.03. The summed E-state index contributed by atoms with van der Waals surface area (Å²) in [5.74, 6) is 2.12. The molecule has 1 fully saturated rings. The van der Waals surface area contributed by atoms with E-state index in [4.69, 9.17) is 4.52 Å². The molecule has 2 aromatic rings. The van der Waals surface area contributed by atoms with Crippen LogP contribution in [0.25, 0.3) is 0 Å². The van der Waals surface area contributed by atoms with Crippen LogP contribution in [-0.4, -0.2) is 22.7 Å². The van der Waals surface area contributed by atoms with E-state index in [1.54, 1.807) is 0 Å². The number of para-hydroxylation sites is 2. The smallest absolute Gasteiger partial charge is 0.229 e. The lowest BCUT2D eigenvalue weighted by Gasteiger charge is -2.36. The Morgan fingerprint density at radius 1 is 1.35 bits per heavy atom. The van der Waals surface area contributed by atoms with Crippen molar-refractivity contribution in [2.24, 2.45) is 0 Å². The van der Waals surface area contributed by atoms with Gasteiger partial charge in [0.25, 0.3) is 0 Å². The summed E-state index contributed by atoms with van der Waals surface area (Å²) in [4.78, 5) is 6.87. The van der Waals surface area contributed by atoms with E-state index in [9.17, 15) is 0 Å². The average molecular weight is 270 g/mol. The van der Waals surface area contributed by atoms with Crippen molar-refractivity contribution < 1.29 is 4.52 Å². The summed E-state index contributed by atoms with van der Waals surface area (Å²) in [5, 5.41) is 7.59. The van der Waals surface area contributed by atoms with Crippen molar-refractivity contribution in [3.8, 4) is 0 Å². The molecule has 1 aliphatic carbocycles. The molecule has 0 bridgehead atoms. The minimum Gasteiger partial charge on any atom is -0.381 e. The standard InChI is InChI=1S/C15H18N4O/c1-10-8-16-12-4-2-3-5-13(12)19(10)9-14-17-15(20-18-14)11-6-7-11/h2-5,10-11,16H,6-9H2,1H3. The molecule has 1 N–H and O–H groups in total. The van der Waals surface area contributed by atoms with Gasteiger partial charge in [0.2, 0.25) is 5.89 Å². The Morgan fingerprint density at radius 2 is 2.20 bits per heavy atom. The van der Waals surface area contributed by atoms with Gasteiger partial charge in [0, 0.05) is 18.5 Å². The number of fused-ring (bicyclic) bond motifs is 1. The first-order valence-corrected chi connectivity index (χ1v) is 7.23. The molecule has 0 saturated heterocycles. The van der Waals surface area contributed by atoms with E-state index in [1.165, 1.54) is 24.2 Å². The zero-order valence-corrected chi connectivity index (χ0v) is 11.5. The van der Waals surface area contributed by atoms with Gasteiger partial charge in [-0.15, -0.1) is 0 Å². The zero-order chi connectivity index (χ0) is 13.5. The Labute approximate surface area is 118 Å². The minimum atomic E-state index is 0.410. The fourth-order valence-electron chi connectivity index (χ4n) is 2.70. The molecule has 1 atom stereocenters. The van der Waals surface area contributed by atoms with Crippen molar-refractivity contribution in [2.45, 2.75) is 38.3 Å². The number of rotatable bonds is 3. The fourth-order valence-corrected chi connectivity index (χ4v) is 2.70. The normalized spacial score (nSPS) is 21.4. The van der Waals surface area contributed by atoms with Gasteiger partial charge in [-0.1, -0.05) is 17.3 Å². The molecule has 1 aromatic heterocycles. The second kappa shape index (κ2) is 4.51. The van der Waals surface area contributed by atoms with Crippen LogP contribution in [0.15, 0.2) is 28.8 Å². The zero-order valence-electron chi connectivity index (χ0n) is 11.5. The number of hydrogen-bond acceptors (Lipinski definition) is 5. The van der Waals surface area contributed by atoms with Crippen molar-refractivity contribution in [3.05, 3.63) is 36.0 Å². The third-order valence-corrected chi connectivity index (χ3v) is 4.06. The van der Waals surface area contributed by atoms with Gasteiger partial charge in [-0.2, -0.15) is 4.98 Å². The first-order chi connectivity index (χ1) is 9.81. The molecular weight excluding hydrogens is 252 g/mol. The van der Waals surface area contributed by atoms with E-state index in [2.05, 4.69) is 51.5 Å². The van der Waals surface area contributed by atoms with Crippen LogP contribution in [-0.2, 0) is 6.54 Å². The molecule has 0 amide bonds. The highest BCUT2D eigenvalue weighted by Crippen LogP contribution is 2.39. The van der Waals surface area contributed by atoms with Crippen LogP contribution < -0.4 is 10.2 Å². The van der Waals surface area contributed by atoms with Crippen LogP contribution in [0.1, 0.15) is 37.4 Å². The Morgan fingerprint density at radius 3 is 3.05 bits per heavy atom. The van der Waals surface area contributed by atoms with Gasteiger partial charge in [0.1, 0.15) is 0 Å². The molecular formula is C15H18N4O. The number of anilines is 2. The first kappa shape index (κ1) is 11.8. The highest BCUT2D eigenvalue weighted by molar-refractivity contribution is 5.72. The molecule has 1 unspecified atom stereocenters. The van der Waals surface area contributed by atoms with Gasteiger partial charge in [-0.05, 0) is 31.9 Å². The predicted molar refractivity (Wildman–Crippen MR) is 76.8 cm³/mol. The summed E-state index contributed by atoms with van der Waals surface area (Å²) in [6.07, 6.45) is 2.38. The van der Waals surface area contributed by atoms with E-state index in [0.717, 1.165) is 18.3 Å². The number of nitrogens with one attached hydrogen (secondary N) is 1. The van der Waals surface area contributed by atoms with Crippen LogP contribution in [0.2, 0.25) is 0 Å². The van der Waals surface area contributed by atoms with Gasteiger partial charge < -0.3 is 14.7 Å². The van der Waals surface area contributed by atoms with Crippen LogP contribution in [0.4, 0.5) is 11.4 Å². The summed E-state index contributed by atoms with van der Waals surface area (Å²) < 4.78 is 5.35. The van der Waals surface area contributed by atoms with Crippen LogP contribution in [0.3, 0.4) is 0 Å². The van der Waals surface area contributed by atoms with E-state index in [-0.39, 0.29) is 0 Å². The number of aromatic nitrogens is 2. The molecule has 4 rings (SSSR count). The second-order valence-electron chi connectivity index (χ2n) is 5.70. The Kier molecular flexibility index (Phi) is 2.65. The van der Waals surface area contributed by atoms with E-state index >= 15 is 0 Å². The molecule has 2 heterocycles. The maximum atomic E-state index is 5.35. The molecule has 1 saturated carbocycles. The Hall–Kier alpha value is -2.04. The van der Waals surface area contributed by atoms with Crippen molar-refractivity contribution in [1.82, 2.24) is 10.1 Å². The first-order valence-electron chi connectivity index (χ1n) is 7.23. The van der Waals surface area contributed by atoms with Crippen LogP contribution >= 0.6 is 0 Å². The predicted octanol–water partition coefficient (Wildman–Crippen LogP) is 2.77. The summed E-state index contributed by atoms with van der Waals surface area (Å²) in [5.41, 5.74) is 2.39. The molecule has 0 spiro atoms.